The zero-order chi connectivity index (χ0) is 17.8. The number of nitrogens with zero attached hydrogens (tertiary/aromatic N) is 4. The van der Waals surface area contributed by atoms with E-state index in [9.17, 15) is 0 Å². The average molecular weight is 372 g/mol. The van der Waals surface area contributed by atoms with Gasteiger partial charge < -0.3 is 10.1 Å². The van der Waals surface area contributed by atoms with E-state index in [2.05, 4.69) is 20.3 Å². The number of fused-ring (bicyclic) bond motifs is 1. The van der Waals surface area contributed by atoms with E-state index >= 15 is 0 Å². The molecule has 2 aromatic heterocycles. The van der Waals surface area contributed by atoms with Crippen molar-refractivity contribution in [3.05, 3.63) is 47.7 Å². The van der Waals surface area contributed by atoms with Crippen LogP contribution in [-0.2, 0) is 4.74 Å². The second-order valence-electron chi connectivity index (χ2n) is 6.37. The molecule has 1 fully saturated rings. The van der Waals surface area contributed by atoms with Crippen LogP contribution in [0, 0.1) is 0 Å². The van der Waals surface area contributed by atoms with E-state index in [0.717, 1.165) is 68.4 Å². The Bertz CT molecular complexity index is 875. The van der Waals surface area contributed by atoms with Crippen molar-refractivity contribution in [1.82, 2.24) is 19.5 Å². The maximum Gasteiger partial charge on any atom is 0.165 e. The van der Waals surface area contributed by atoms with Crippen LogP contribution in [0.5, 0.6) is 0 Å². The monoisotopic (exact) mass is 371 g/mol. The van der Waals surface area contributed by atoms with E-state index in [1.165, 1.54) is 0 Å². The maximum absolute atomic E-state index is 6.12. The molecule has 1 aromatic carbocycles. The number of ether oxygens (including phenoxy) is 1. The summed E-state index contributed by atoms with van der Waals surface area (Å²) in [5.41, 5.74) is 2.82. The van der Waals surface area contributed by atoms with Gasteiger partial charge in [0.05, 0.1) is 19.4 Å². The van der Waals surface area contributed by atoms with Crippen molar-refractivity contribution in [3.8, 4) is 11.1 Å². The molecule has 4 rings (SSSR count). The number of hydrogen-bond donors (Lipinski definition) is 1. The van der Waals surface area contributed by atoms with Crippen LogP contribution >= 0.6 is 11.6 Å². The first-order chi connectivity index (χ1) is 12.8. The number of morpholine rings is 1. The van der Waals surface area contributed by atoms with Crippen LogP contribution in [0.4, 0.5) is 5.82 Å². The van der Waals surface area contributed by atoms with Gasteiger partial charge in [0.25, 0.3) is 0 Å². The van der Waals surface area contributed by atoms with E-state index in [1.54, 1.807) is 0 Å². The zero-order valence-corrected chi connectivity index (χ0v) is 15.3. The standard InChI is InChI=1S/C19H22ClN5O/c20-16-4-1-3-15(13-16)17-14-23-25-18(5-7-22-19(17)25)21-6-2-8-24-9-11-26-12-10-24/h1,3-5,7,13-14,21H,2,6,8-12H2. The number of hydrogen-bond acceptors (Lipinski definition) is 5. The third-order valence-electron chi connectivity index (χ3n) is 4.60. The molecule has 1 aliphatic heterocycles. The lowest BCUT2D eigenvalue weighted by Crippen LogP contribution is -2.37. The topological polar surface area (TPSA) is 54.7 Å². The minimum absolute atomic E-state index is 0.708. The minimum atomic E-state index is 0.708. The minimum Gasteiger partial charge on any atom is -0.379 e. The lowest BCUT2D eigenvalue weighted by Gasteiger charge is -2.26. The molecule has 0 atom stereocenters. The van der Waals surface area contributed by atoms with Gasteiger partial charge in [-0.05, 0) is 36.7 Å². The van der Waals surface area contributed by atoms with Gasteiger partial charge in [-0.3, -0.25) is 4.90 Å². The van der Waals surface area contributed by atoms with Gasteiger partial charge in [-0.25, -0.2) is 4.98 Å². The molecule has 136 valence electrons. The van der Waals surface area contributed by atoms with Crippen molar-refractivity contribution in [2.45, 2.75) is 6.42 Å². The Morgan fingerprint density at radius 3 is 2.92 bits per heavy atom. The van der Waals surface area contributed by atoms with E-state index in [-0.39, 0.29) is 0 Å². The third kappa shape index (κ3) is 3.82. The Hall–Kier alpha value is -2.15. The Balaban J connectivity index is 1.45. The number of rotatable bonds is 6. The molecule has 0 radical (unpaired) electrons. The molecule has 0 saturated carbocycles. The van der Waals surface area contributed by atoms with Crippen LogP contribution in [-0.4, -0.2) is 58.9 Å². The summed E-state index contributed by atoms with van der Waals surface area (Å²) >= 11 is 6.12. The normalized spacial score (nSPS) is 15.4. The molecule has 0 spiro atoms. The first-order valence-corrected chi connectivity index (χ1v) is 9.32. The highest BCUT2D eigenvalue weighted by Gasteiger charge is 2.12. The lowest BCUT2D eigenvalue weighted by molar-refractivity contribution is 0.0378. The van der Waals surface area contributed by atoms with Gasteiger partial charge in [-0.2, -0.15) is 9.61 Å². The fourth-order valence-corrected chi connectivity index (χ4v) is 3.42. The highest BCUT2D eigenvalue weighted by atomic mass is 35.5. The molecule has 7 heteroatoms. The van der Waals surface area contributed by atoms with Crippen molar-refractivity contribution in [2.24, 2.45) is 0 Å². The van der Waals surface area contributed by atoms with E-state index in [1.807, 2.05) is 47.2 Å². The number of halogens is 1. The third-order valence-corrected chi connectivity index (χ3v) is 4.83. The average Bonchev–Trinajstić information content (AvgIpc) is 3.11. The predicted molar refractivity (Wildman–Crippen MR) is 104 cm³/mol. The molecule has 26 heavy (non-hydrogen) atoms. The van der Waals surface area contributed by atoms with Gasteiger partial charge in [0, 0.05) is 36.4 Å². The second kappa shape index (κ2) is 8.03. The van der Waals surface area contributed by atoms with Crippen LogP contribution < -0.4 is 5.32 Å². The molecule has 0 amide bonds. The largest absolute Gasteiger partial charge is 0.379 e. The molecule has 3 heterocycles. The fraction of sp³-hybridized carbons (Fsp3) is 0.368. The summed E-state index contributed by atoms with van der Waals surface area (Å²) in [7, 11) is 0. The van der Waals surface area contributed by atoms with Crippen LogP contribution in [0.15, 0.2) is 42.7 Å². The molecule has 1 aliphatic rings. The van der Waals surface area contributed by atoms with Gasteiger partial charge in [0.2, 0.25) is 0 Å². The van der Waals surface area contributed by atoms with Gasteiger partial charge in [0.15, 0.2) is 5.65 Å². The highest BCUT2D eigenvalue weighted by Crippen LogP contribution is 2.26. The summed E-state index contributed by atoms with van der Waals surface area (Å²) in [6, 6.07) is 9.71. The quantitative estimate of drug-likeness (QED) is 0.674. The summed E-state index contributed by atoms with van der Waals surface area (Å²) in [5.74, 6) is 0.949. The molecule has 6 nitrogen and oxygen atoms in total. The van der Waals surface area contributed by atoms with Gasteiger partial charge in [0.1, 0.15) is 5.82 Å². The van der Waals surface area contributed by atoms with Crippen LogP contribution in [0.25, 0.3) is 16.8 Å². The van der Waals surface area contributed by atoms with Crippen molar-refractivity contribution < 1.29 is 4.74 Å². The Morgan fingerprint density at radius 2 is 2.08 bits per heavy atom. The van der Waals surface area contributed by atoms with Crippen molar-refractivity contribution >= 4 is 23.1 Å². The number of anilines is 1. The first kappa shape index (κ1) is 17.3. The highest BCUT2D eigenvalue weighted by molar-refractivity contribution is 6.30. The van der Waals surface area contributed by atoms with E-state index in [0.29, 0.717) is 5.02 Å². The Labute approximate surface area is 157 Å². The maximum atomic E-state index is 6.12. The molecule has 0 aliphatic carbocycles. The first-order valence-electron chi connectivity index (χ1n) is 8.94. The predicted octanol–water partition coefficient (Wildman–Crippen LogP) is 3.18. The second-order valence-corrected chi connectivity index (χ2v) is 6.80. The number of nitrogens with one attached hydrogen (secondary N) is 1. The van der Waals surface area contributed by atoms with E-state index in [4.69, 9.17) is 16.3 Å². The van der Waals surface area contributed by atoms with Crippen LogP contribution in [0.3, 0.4) is 0 Å². The Morgan fingerprint density at radius 1 is 1.19 bits per heavy atom. The van der Waals surface area contributed by atoms with Gasteiger partial charge >= 0.3 is 0 Å². The van der Waals surface area contributed by atoms with Crippen LogP contribution in [0.1, 0.15) is 6.42 Å². The number of aromatic nitrogens is 3. The Kier molecular flexibility index (Phi) is 5.34. The molecule has 3 aromatic rings. The molecule has 1 N–H and O–H groups in total. The summed E-state index contributed by atoms with van der Waals surface area (Å²) in [4.78, 5) is 6.95. The van der Waals surface area contributed by atoms with Gasteiger partial charge in [-0.1, -0.05) is 23.7 Å². The molecule has 0 unspecified atom stereocenters. The van der Waals surface area contributed by atoms with Gasteiger partial charge in [-0.15, -0.1) is 0 Å². The SMILES string of the molecule is Clc1cccc(-c2cnn3c(NCCCN4CCOCC4)ccnc23)c1. The molecule has 1 saturated heterocycles. The van der Waals surface area contributed by atoms with Crippen molar-refractivity contribution in [2.75, 3.05) is 44.7 Å². The summed E-state index contributed by atoms with van der Waals surface area (Å²) in [6.45, 7) is 5.72. The smallest absolute Gasteiger partial charge is 0.165 e. The molecular weight excluding hydrogens is 350 g/mol. The number of benzene rings is 1. The summed E-state index contributed by atoms with van der Waals surface area (Å²) < 4.78 is 7.24. The zero-order valence-electron chi connectivity index (χ0n) is 14.6. The molecule has 0 bridgehead atoms. The summed E-state index contributed by atoms with van der Waals surface area (Å²) in [6.07, 6.45) is 4.73. The molecular formula is C19H22ClN5O. The summed E-state index contributed by atoms with van der Waals surface area (Å²) in [5, 5.41) is 8.70. The van der Waals surface area contributed by atoms with Crippen LogP contribution in [0.2, 0.25) is 5.02 Å². The lowest BCUT2D eigenvalue weighted by atomic mass is 10.1. The van der Waals surface area contributed by atoms with E-state index < -0.39 is 0 Å². The fourth-order valence-electron chi connectivity index (χ4n) is 3.23. The van der Waals surface area contributed by atoms with Crippen molar-refractivity contribution in [1.29, 1.82) is 0 Å². The van der Waals surface area contributed by atoms with Crippen molar-refractivity contribution in [3.63, 3.8) is 0 Å².